The summed E-state index contributed by atoms with van der Waals surface area (Å²) in [6.07, 6.45) is 4.06. The fourth-order valence-corrected chi connectivity index (χ4v) is 3.55. The molecule has 1 N–H and O–H groups in total. The predicted octanol–water partition coefficient (Wildman–Crippen LogP) is 2.96. The molecule has 1 aliphatic rings. The topological polar surface area (TPSA) is 59.4 Å². The van der Waals surface area contributed by atoms with Crippen LogP contribution >= 0.6 is 0 Å². The third-order valence-corrected chi connectivity index (χ3v) is 4.94. The van der Waals surface area contributed by atoms with Crippen LogP contribution in [0.2, 0.25) is 0 Å². The number of rotatable bonds is 6. The molecule has 0 saturated carbocycles. The van der Waals surface area contributed by atoms with Crippen molar-refractivity contribution in [3.63, 3.8) is 0 Å². The smallest absolute Gasteiger partial charge is 0.317 e. The van der Waals surface area contributed by atoms with E-state index in [0.29, 0.717) is 19.1 Å². The van der Waals surface area contributed by atoms with Gasteiger partial charge in [-0.1, -0.05) is 30.3 Å². The van der Waals surface area contributed by atoms with Crippen molar-refractivity contribution in [3.05, 3.63) is 53.6 Å². The third-order valence-electron chi connectivity index (χ3n) is 4.94. The van der Waals surface area contributed by atoms with E-state index in [0.717, 1.165) is 49.6 Å². The maximum Gasteiger partial charge on any atom is 0.317 e. The molecular formula is C20H28N4O2. The first kappa shape index (κ1) is 18.5. The number of aromatic nitrogens is 2. The second-order valence-corrected chi connectivity index (χ2v) is 6.96. The molecule has 0 bridgehead atoms. The second kappa shape index (κ2) is 8.85. The fourth-order valence-electron chi connectivity index (χ4n) is 3.55. The summed E-state index contributed by atoms with van der Waals surface area (Å²) in [4.78, 5) is 18.9. The van der Waals surface area contributed by atoms with Crippen LogP contribution in [0.15, 0.2) is 36.5 Å². The van der Waals surface area contributed by atoms with E-state index >= 15 is 0 Å². The molecule has 1 aromatic carbocycles. The number of amides is 2. The van der Waals surface area contributed by atoms with Gasteiger partial charge < -0.3 is 19.5 Å². The lowest BCUT2D eigenvalue weighted by Gasteiger charge is -2.33. The van der Waals surface area contributed by atoms with Gasteiger partial charge in [-0.15, -0.1) is 0 Å². The lowest BCUT2D eigenvalue weighted by molar-refractivity contribution is 0.152. The maximum atomic E-state index is 12.5. The minimum atomic E-state index is 0.0259. The fraction of sp³-hybridized carbons (Fsp3) is 0.500. The van der Waals surface area contributed by atoms with Gasteiger partial charge in [-0.05, 0) is 31.2 Å². The van der Waals surface area contributed by atoms with E-state index in [1.165, 1.54) is 0 Å². The van der Waals surface area contributed by atoms with Gasteiger partial charge in [0.05, 0.1) is 0 Å². The number of benzene rings is 1. The monoisotopic (exact) mass is 356 g/mol. The van der Waals surface area contributed by atoms with Crippen LogP contribution < -0.4 is 5.32 Å². The summed E-state index contributed by atoms with van der Waals surface area (Å²) in [5.74, 6) is 1.39. The van der Waals surface area contributed by atoms with Crippen molar-refractivity contribution >= 4 is 6.03 Å². The molecule has 6 nitrogen and oxygen atoms in total. The van der Waals surface area contributed by atoms with Gasteiger partial charge in [-0.3, -0.25) is 0 Å². The lowest BCUT2D eigenvalue weighted by atomic mass is 9.98. The standard InChI is InChI=1S/C20H28N4O2/c1-16-11-21-19(15-26-2)24(16)14-18-9-6-10-23(13-18)20(25)22-12-17-7-4-3-5-8-17/h3-5,7-8,11,18H,6,9-10,12-15H2,1-2H3,(H,22,25). The van der Waals surface area contributed by atoms with Crippen molar-refractivity contribution in [1.82, 2.24) is 19.8 Å². The summed E-state index contributed by atoms with van der Waals surface area (Å²) in [6.45, 7) is 5.64. The molecule has 2 heterocycles. The number of methoxy groups -OCH3 is 1. The van der Waals surface area contributed by atoms with Crippen LogP contribution in [0.1, 0.15) is 29.9 Å². The molecule has 1 fully saturated rings. The molecule has 1 aliphatic heterocycles. The SMILES string of the molecule is COCc1ncc(C)n1CC1CCCN(C(=O)NCc2ccccc2)C1. The highest BCUT2D eigenvalue weighted by Crippen LogP contribution is 2.20. The number of imidazole rings is 1. The summed E-state index contributed by atoms with van der Waals surface area (Å²) in [7, 11) is 1.69. The van der Waals surface area contributed by atoms with E-state index in [9.17, 15) is 4.79 Å². The third kappa shape index (κ3) is 4.64. The Morgan fingerprint density at radius 3 is 2.92 bits per heavy atom. The Kier molecular flexibility index (Phi) is 6.28. The molecule has 0 spiro atoms. The van der Waals surface area contributed by atoms with Gasteiger partial charge in [-0.25, -0.2) is 9.78 Å². The van der Waals surface area contributed by atoms with Crippen LogP contribution in [-0.2, 0) is 24.4 Å². The molecule has 1 unspecified atom stereocenters. The van der Waals surface area contributed by atoms with Crippen molar-refractivity contribution in [1.29, 1.82) is 0 Å². The zero-order valence-electron chi connectivity index (χ0n) is 15.6. The van der Waals surface area contributed by atoms with Crippen LogP contribution in [0.3, 0.4) is 0 Å². The molecule has 2 amide bonds. The minimum Gasteiger partial charge on any atom is -0.377 e. The Hall–Kier alpha value is -2.34. The van der Waals surface area contributed by atoms with Crippen molar-refractivity contribution in [2.24, 2.45) is 5.92 Å². The van der Waals surface area contributed by atoms with Gasteiger partial charge in [0, 0.05) is 45.2 Å². The van der Waals surface area contributed by atoms with Gasteiger partial charge in [0.15, 0.2) is 0 Å². The van der Waals surface area contributed by atoms with E-state index in [2.05, 4.69) is 21.8 Å². The van der Waals surface area contributed by atoms with E-state index in [1.807, 2.05) is 41.4 Å². The Morgan fingerprint density at radius 1 is 1.35 bits per heavy atom. The summed E-state index contributed by atoms with van der Waals surface area (Å²) < 4.78 is 7.47. The number of urea groups is 1. The van der Waals surface area contributed by atoms with E-state index in [1.54, 1.807) is 7.11 Å². The highest BCUT2D eigenvalue weighted by atomic mass is 16.5. The van der Waals surface area contributed by atoms with Gasteiger partial charge in [0.25, 0.3) is 0 Å². The lowest BCUT2D eigenvalue weighted by Crippen LogP contribution is -2.46. The molecule has 0 radical (unpaired) electrons. The van der Waals surface area contributed by atoms with Crippen LogP contribution in [0.4, 0.5) is 4.79 Å². The highest BCUT2D eigenvalue weighted by molar-refractivity contribution is 5.74. The molecule has 3 rings (SSSR count). The molecule has 0 aliphatic carbocycles. The van der Waals surface area contributed by atoms with Gasteiger partial charge in [0.2, 0.25) is 0 Å². The average Bonchev–Trinajstić information content (AvgIpc) is 3.01. The predicted molar refractivity (Wildman–Crippen MR) is 101 cm³/mol. The van der Waals surface area contributed by atoms with Crippen molar-refractivity contribution < 1.29 is 9.53 Å². The second-order valence-electron chi connectivity index (χ2n) is 6.96. The van der Waals surface area contributed by atoms with E-state index in [-0.39, 0.29) is 6.03 Å². The Morgan fingerprint density at radius 2 is 2.15 bits per heavy atom. The zero-order valence-corrected chi connectivity index (χ0v) is 15.6. The van der Waals surface area contributed by atoms with Crippen molar-refractivity contribution in [2.75, 3.05) is 20.2 Å². The van der Waals surface area contributed by atoms with Crippen LogP contribution in [0, 0.1) is 12.8 Å². The Balaban J connectivity index is 1.55. The number of ether oxygens (including phenoxy) is 1. The molecule has 140 valence electrons. The molecule has 2 aromatic rings. The van der Waals surface area contributed by atoms with E-state index < -0.39 is 0 Å². The number of hydrogen-bond acceptors (Lipinski definition) is 3. The Labute approximate surface area is 155 Å². The quantitative estimate of drug-likeness (QED) is 0.866. The molecule has 1 saturated heterocycles. The number of aryl methyl sites for hydroxylation is 1. The number of carbonyl (C=O) groups excluding carboxylic acids is 1. The highest BCUT2D eigenvalue weighted by Gasteiger charge is 2.24. The summed E-state index contributed by atoms with van der Waals surface area (Å²) >= 11 is 0. The largest absolute Gasteiger partial charge is 0.377 e. The number of hydrogen-bond donors (Lipinski definition) is 1. The number of carbonyl (C=O) groups is 1. The summed E-state index contributed by atoms with van der Waals surface area (Å²) in [5, 5.41) is 3.04. The first-order valence-electron chi connectivity index (χ1n) is 9.24. The van der Waals surface area contributed by atoms with Crippen molar-refractivity contribution in [2.45, 2.75) is 39.5 Å². The average molecular weight is 356 g/mol. The number of piperidine rings is 1. The first-order valence-corrected chi connectivity index (χ1v) is 9.24. The minimum absolute atomic E-state index is 0.0259. The summed E-state index contributed by atoms with van der Waals surface area (Å²) in [6, 6.07) is 10.0. The molecule has 6 heteroatoms. The number of likely N-dealkylation sites (tertiary alicyclic amines) is 1. The van der Waals surface area contributed by atoms with Gasteiger partial charge in [0.1, 0.15) is 12.4 Å². The first-order chi connectivity index (χ1) is 12.7. The molecule has 1 atom stereocenters. The summed E-state index contributed by atoms with van der Waals surface area (Å²) in [5.41, 5.74) is 2.26. The number of nitrogens with one attached hydrogen (secondary N) is 1. The Bertz CT molecular complexity index is 714. The van der Waals surface area contributed by atoms with Crippen LogP contribution in [0.5, 0.6) is 0 Å². The van der Waals surface area contributed by atoms with Crippen LogP contribution in [0.25, 0.3) is 0 Å². The van der Waals surface area contributed by atoms with E-state index in [4.69, 9.17) is 4.74 Å². The van der Waals surface area contributed by atoms with Crippen LogP contribution in [-0.4, -0.2) is 40.7 Å². The normalized spacial score (nSPS) is 17.3. The zero-order chi connectivity index (χ0) is 18.4. The molecular weight excluding hydrogens is 328 g/mol. The molecule has 1 aromatic heterocycles. The number of nitrogens with zero attached hydrogens (tertiary/aromatic N) is 3. The van der Waals surface area contributed by atoms with Gasteiger partial charge >= 0.3 is 6.03 Å². The molecule has 26 heavy (non-hydrogen) atoms. The van der Waals surface area contributed by atoms with Crippen molar-refractivity contribution in [3.8, 4) is 0 Å². The maximum absolute atomic E-state index is 12.5. The van der Waals surface area contributed by atoms with Gasteiger partial charge in [-0.2, -0.15) is 0 Å².